The summed E-state index contributed by atoms with van der Waals surface area (Å²) in [5.41, 5.74) is -2.64. The molecule has 0 bridgehead atoms. The quantitative estimate of drug-likeness (QED) is 0.819. The van der Waals surface area contributed by atoms with Gasteiger partial charge in [0, 0.05) is 12.6 Å². The Morgan fingerprint density at radius 1 is 1.30 bits per heavy atom. The van der Waals surface area contributed by atoms with Crippen molar-refractivity contribution in [3.05, 3.63) is 41.5 Å². The predicted octanol–water partition coefficient (Wildman–Crippen LogP) is 2.36. The van der Waals surface area contributed by atoms with Crippen LogP contribution < -0.4 is 0 Å². The Bertz CT molecular complexity index is 896. The molecule has 2 heterocycles. The minimum absolute atomic E-state index is 0.0128. The lowest BCUT2D eigenvalue weighted by Crippen LogP contribution is -2.38. The van der Waals surface area contributed by atoms with Crippen molar-refractivity contribution in [3.8, 4) is 5.69 Å². The lowest BCUT2D eigenvalue weighted by atomic mass is 10.0. The Balaban J connectivity index is 2.04. The molecule has 1 amide bonds. The van der Waals surface area contributed by atoms with Crippen molar-refractivity contribution >= 4 is 11.9 Å². The Kier molecular flexibility index (Phi) is 4.62. The van der Waals surface area contributed by atoms with Gasteiger partial charge >= 0.3 is 12.1 Å². The fraction of sp³-hybridized carbons (Fsp3) is 0.375. The molecule has 2 unspecified atom stereocenters. The smallest absolute Gasteiger partial charge is 0.435 e. The maximum absolute atomic E-state index is 13.6. The van der Waals surface area contributed by atoms with E-state index in [0.717, 1.165) is 17.0 Å². The molecule has 0 spiro atoms. The van der Waals surface area contributed by atoms with Crippen LogP contribution in [0.15, 0.2) is 24.3 Å². The Hall–Kier alpha value is -2.98. The van der Waals surface area contributed by atoms with Crippen LogP contribution in [-0.4, -0.2) is 49.5 Å². The number of hydrogen-bond donors (Lipinski definition) is 1. The Labute approximate surface area is 150 Å². The number of amides is 1. The highest BCUT2D eigenvalue weighted by Crippen LogP contribution is 2.34. The number of carbonyl (C=O) groups is 2. The second kappa shape index (κ2) is 6.63. The van der Waals surface area contributed by atoms with Crippen LogP contribution in [0, 0.1) is 11.7 Å². The molecule has 1 saturated heterocycles. The lowest BCUT2D eigenvalue weighted by molar-refractivity contribution is -0.144. The Morgan fingerprint density at radius 3 is 2.56 bits per heavy atom. The van der Waals surface area contributed by atoms with Gasteiger partial charge in [-0.15, -0.1) is 5.10 Å². The molecule has 1 aliphatic rings. The van der Waals surface area contributed by atoms with Gasteiger partial charge in [-0.25, -0.2) is 9.07 Å². The number of benzene rings is 1. The third kappa shape index (κ3) is 3.36. The number of halogens is 4. The molecule has 0 aliphatic carbocycles. The highest BCUT2D eigenvalue weighted by atomic mass is 19.4. The first-order valence-corrected chi connectivity index (χ1v) is 7.94. The van der Waals surface area contributed by atoms with Crippen LogP contribution in [0.4, 0.5) is 17.6 Å². The van der Waals surface area contributed by atoms with Crippen LogP contribution >= 0.6 is 0 Å². The van der Waals surface area contributed by atoms with Crippen molar-refractivity contribution in [1.29, 1.82) is 0 Å². The SMILES string of the molecule is CC1C(C(=O)O)CCN1C(=O)c1nnn(-c2cccc(F)c2)c1C(F)(F)F. The lowest BCUT2D eigenvalue weighted by Gasteiger charge is -2.23. The van der Waals surface area contributed by atoms with Crippen molar-refractivity contribution in [2.45, 2.75) is 25.6 Å². The summed E-state index contributed by atoms with van der Waals surface area (Å²) in [6.07, 6.45) is -4.86. The third-order valence-electron chi connectivity index (χ3n) is 4.53. The molecule has 7 nitrogen and oxygen atoms in total. The summed E-state index contributed by atoms with van der Waals surface area (Å²) in [5, 5.41) is 15.9. The van der Waals surface area contributed by atoms with Crippen LogP contribution in [0.1, 0.15) is 29.5 Å². The van der Waals surface area contributed by atoms with Gasteiger partial charge in [-0.05, 0) is 31.5 Å². The highest BCUT2D eigenvalue weighted by molar-refractivity contribution is 5.94. The van der Waals surface area contributed by atoms with E-state index >= 15 is 0 Å². The monoisotopic (exact) mass is 386 g/mol. The topological polar surface area (TPSA) is 88.3 Å². The van der Waals surface area contributed by atoms with Gasteiger partial charge in [-0.3, -0.25) is 9.59 Å². The molecule has 11 heteroatoms. The number of rotatable bonds is 3. The number of alkyl halides is 3. The molecule has 1 aromatic carbocycles. The zero-order chi connectivity index (χ0) is 19.9. The van der Waals surface area contributed by atoms with E-state index < -0.39 is 47.2 Å². The Morgan fingerprint density at radius 2 is 2.00 bits per heavy atom. The van der Waals surface area contributed by atoms with Crippen LogP contribution in [0.3, 0.4) is 0 Å². The number of carboxylic acid groups (broad SMARTS) is 1. The van der Waals surface area contributed by atoms with Crippen LogP contribution in [0.25, 0.3) is 5.69 Å². The van der Waals surface area contributed by atoms with E-state index in [4.69, 9.17) is 5.11 Å². The molecular formula is C16H14F4N4O3. The van der Waals surface area contributed by atoms with Gasteiger partial charge in [0.05, 0.1) is 11.6 Å². The van der Waals surface area contributed by atoms with Gasteiger partial charge in [0.15, 0.2) is 11.4 Å². The number of likely N-dealkylation sites (tertiary alicyclic amines) is 1. The van der Waals surface area contributed by atoms with Gasteiger partial charge in [-0.2, -0.15) is 13.2 Å². The van der Waals surface area contributed by atoms with Gasteiger partial charge < -0.3 is 10.0 Å². The highest BCUT2D eigenvalue weighted by Gasteiger charge is 2.46. The van der Waals surface area contributed by atoms with Gasteiger partial charge in [-0.1, -0.05) is 11.3 Å². The molecule has 27 heavy (non-hydrogen) atoms. The third-order valence-corrected chi connectivity index (χ3v) is 4.53. The van der Waals surface area contributed by atoms with Crippen LogP contribution in [-0.2, 0) is 11.0 Å². The zero-order valence-electron chi connectivity index (χ0n) is 13.9. The summed E-state index contributed by atoms with van der Waals surface area (Å²) in [4.78, 5) is 24.9. The summed E-state index contributed by atoms with van der Waals surface area (Å²) in [5.74, 6) is -3.85. The van der Waals surface area contributed by atoms with Gasteiger partial charge in [0.1, 0.15) is 5.82 Å². The summed E-state index contributed by atoms with van der Waals surface area (Å²) >= 11 is 0. The van der Waals surface area contributed by atoms with Crippen molar-refractivity contribution in [2.24, 2.45) is 5.92 Å². The summed E-state index contributed by atoms with van der Waals surface area (Å²) in [6.45, 7) is 1.44. The van der Waals surface area contributed by atoms with Crippen LogP contribution in [0.2, 0.25) is 0 Å². The molecule has 1 aromatic heterocycles. The molecule has 2 aromatic rings. The van der Waals surface area contributed by atoms with E-state index in [2.05, 4.69) is 10.3 Å². The fourth-order valence-electron chi connectivity index (χ4n) is 3.16. The number of hydrogen-bond acceptors (Lipinski definition) is 4. The zero-order valence-corrected chi connectivity index (χ0v) is 13.9. The average molecular weight is 386 g/mol. The maximum Gasteiger partial charge on any atom is 0.435 e. The van der Waals surface area contributed by atoms with Crippen molar-refractivity contribution in [3.63, 3.8) is 0 Å². The molecule has 0 radical (unpaired) electrons. The second-order valence-electron chi connectivity index (χ2n) is 6.15. The summed E-state index contributed by atoms with van der Waals surface area (Å²) in [7, 11) is 0. The van der Waals surface area contributed by atoms with Crippen LogP contribution in [0.5, 0.6) is 0 Å². The number of aromatic nitrogens is 3. The molecule has 1 aliphatic heterocycles. The fourth-order valence-corrected chi connectivity index (χ4v) is 3.16. The van der Waals surface area contributed by atoms with E-state index in [1.54, 1.807) is 0 Å². The molecule has 1 fully saturated rings. The van der Waals surface area contributed by atoms with Crippen molar-refractivity contribution in [1.82, 2.24) is 19.9 Å². The number of aliphatic carboxylic acids is 1. The van der Waals surface area contributed by atoms with E-state index in [1.165, 1.54) is 19.1 Å². The first-order chi connectivity index (χ1) is 12.6. The first-order valence-electron chi connectivity index (χ1n) is 7.94. The second-order valence-corrected chi connectivity index (χ2v) is 6.15. The molecular weight excluding hydrogens is 372 g/mol. The molecule has 3 rings (SSSR count). The first kappa shape index (κ1) is 18.8. The van der Waals surface area contributed by atoms with E-state index in [1.807, 2.05) is 0 Å². The molecule has 0 saturated carbocycles. The normalized spacial score (nSPS) is 20.1. The molecule has 1 N–H and O–H groups in total. The molecule has 2 atom stereocenters. The van der Waals surface area contributed by atoms with Gasteiger partial charge in [0.25, 0.3) is 5.91 Å². The van der Waals surface area contributed by atoms with E-state index in [-0.39, 0.29) is 18.7 Å². The summed E-state index contributed by atoms with van der Waals surface area (Å²) in [6, 6.07) is 3.48. The minimum atomic E-state index is -4.99. The largest absolute Gasteiger partial charge is 0.481 e. The average Bonchev–Trinajstić information content (AvgIpc) is 3.17. The standard InChI is InChI=1S/C16H14F4N4O3/c1-8-11(15(26)27)5-6-23(8)14(25)12-13(16(18,19)20)24(22-21-12)10-4-2-3-9(17)7-10/h2-4,7-8,11H,5-6H2,1H3,(H,26,27). The van der Waals surface area contributed by atoms with Crippen molar-refractivity contribution in [2.75, 3.05) is 6.54 Å². The number of nitrogens with zero attached hydrogens (tertiary/aromatic N) is 4. The van der Waals surface area contributed by atoms with Crippen molar-refractivity contribution < 1.29 is 32.3 Å². The number of carbonyl (C=O) groups excluding carboxylic acids is 1. The summed E-state index contributed by atoms with van der Waals surface area (Å²) < 4.78 is 54.6. The van der Waals surface area contributed by atoms with E-state index in [9.17, 15) is 27.2 Å². The minimum Gasteiger partial charge on any atom is -0.481 e. The maximum atomic E-state index is 13.6. The van der Waals surface area contributed by atoms with E-state index in [0.29, 0.717) is 4.68 Å². The number of carboxylic acids is 1. The predicted molar refractivity (Wildman–Crippen MR) is 82.6 cm³/mol. The molecule has 144 valence electrons. The van der Waals surface area contributed by atoms with Gasteiger partial charge in [0.2, 0.25) is 0 Å².